The van der Waals surface area contributed by atoms with E-state index in [9.17, 15) is 0 Å². The van der Waals surface area contributed by atoms with E-state index in [0.717, 1.165) is 0 Å². The maximum Gasteiger partial charge on any atom is 0.280 e. The molecule has 0 bridgehead atoms. The quantitative estimate of drug-likeness (QED) is 0.798. The Balaban J connectivity index is 2.36. The number of hydrogen-bond acceptors (Lipinski definition) is 6. The standard InChI is InChI=1S/C9H12N4O2/c1-5-4-6(12-14-5)7-11-8(13-15-7)9(2,3)10/h4H,10H2,1-3H3. The smallest absolute Gasteiger partial charge is 0.280 e. The SMILES string of the molecule is Cc1cc(-c2nc(C(C)(C)N)no2)no1. The average Bonchev–Trinajstić information content (AvgIpc) is 2.69. The van der Waals surface area contributed by atoms with Crippen LogP contribution in [0.5, 0.6) is 0 Å². The molecule has 0 aliphatic heterocycles. The molecule has 0 atom stereocenters. The molecule has 0 amide bonds. The lowest BCUT2D eigenvalue weighted by Crippen LogP contribution is -2.30. The molecule has 2 rings (SSSR count). The van der Waals surface area contributed by atoms with E-state index in [1.54, 1.807) is 26.8 Å². The summed E-state index contributed by atoms with van der Waals surface area (Å²) in [4.78, 5) is 4.14. The Bertz CT molecular complexity index is 466. The highest BCUT2D eigenvalue weighted by atomic mass is 16.5. The second kappa shape index (κ2) is 3.16. The molecule has 15 heavy (non-hydrogen) atoms. The van der Waals surface area contributed by atoms with E-state index in [4.69, 9.17) is 14.8 Å². The molecule has 6 nitrogen and oxygen atoms in total. The fourth-order valence-electron chi connectivity index (χ4n) is 1.06. The molecular weight excluding hydrogens is 196 g/mol. The Hall–Kier alpha value is -1.69. The molecule has 0 unspecified atom stereocenters. The highest BCUT2D eigenvalue weighted by molar-refractivity contribution is 5.45. The molecule has 0 saturated heterocycles. The summed E-state index contributed by atoms with van der Waals surface area (Å²) in [6.45, 7) is 5.39. The maximum absolute atomic E-state index is 5.82. The van der Waals surface area contributed by atoms with E-state index >= 15 is 0 Å². The lowest BCUT2D eigenvalue weighted by molar-refractivity contribution is 0.382. The summed E-state index contributed by atoms with van der Waals surface area (Å²) >= 11 is 0. The normalized spacial score (nSPS) is 12.0. The van der Waals surface area contributed by atoms with E-state index in [2.05, 4.69) is 15.3 Å². The van der Waals surface area contributed by atoms with E-state index in [0.29, 0.717) is 23.2 Å². The molecule has 0 aliphatic rings. The van der Waals surface area contributed by atoms with Crippen molar-refractivity contribution in [2.45, 2.75) is 26.3 Å². The molecule has 2 aromatic heterocycles. The fraction of sp³-hybridized carbons (Fsp3) is 0.444. The summed E-state index contributed by atoms with van der Waals surface area (Å²) in [7, 11) is 0. The summed E-state index contributed by atoms with van der Waals surface area (Å²) in [6, 6.07) is 1.72. The van der Waals surface area contributed by atoms with Gasteiger partial charge in [0.05, 0.1) is 5.54 Å². The first-order valence-corrected chi connectivity index (χ1v) is 4.53. The Morgan fingerprint density at radius 1 is 1.27 bits per heavy atom. The summed E-state index contributed by atoms with van der Waals surface area (Å²) < 4.78 is 9.93. The molecule has 0 aromatic carbocycles. The molecule has 2 N–H and O–H groups in total. The van der Waals surface area contributed by atoms with Crippen LogP contribution in [0.3, 0.4) is 0 Å². The summed E-state index contributed by atoms with van der Waals surface area (Å²) in [5.74, 6) is 1.45. The first-order valence-electron chi connectivity index (χ1n) is 4.53. The van der Waals surface area contributed by atoms with Gasteiger partial charge in [-0.15, -0.1) is 0 Å². The monoisotopic (exact) mass is 208 g/mol. The highest BCUT2D eigenvalue weighted by Crippen LogP contribution is 2.20. The van der Waals surface area contributed by atoms with Gasteiger partial charge in [-0.2, -0.15) is 4.98 Å². The van der Waals surface area contributed by atoms with E-state index in [1.165, 1.54) is 0 Å². The van der Waals surface area contributed by atoms with Gasteiger partial charge in [0.1, 0.15) is 5.76 Å². The van der Waals surface area contributed by atoms with Crippen LogP contribution in [0.15, 0.2) is 15.1 Å². The predicted molar refractivity (Wildman–Crippen MR) is 51.7 cm³/mol. The largest absolute Gasteiger partial charge is 0.361 e. The third kappa shape index (κ3) is 1.89. The minimum absolute atomic E-state index is 0.320. The molecule has 0 spiro atoms. The van der Waals surface area contributed by atoms with Crippen LogP contribution in [0.25, 0.3) is 11.6 Å². The Morgan fingerprint density at radius 3 is 2.47 bits per heavy atom. The summed E-state index contributed by atoms with van der Waals surface area (Å²) in [5, 5.41) is 7.55. The summed E-state index contributed by atoms with van der Waals surface area (Å²) in [6.07, 6.45) is 0. The number of aryl methyl sites for hydroxylation is 1. The van der Waals surface area contributed by atoms with E-state index < -0.39 is 5.54 Å². The Labute approximate surface area is 86.4 Å². The van der Waals surface area contributed by atoms with Crippen LogP contribution in [0.2, 0.25) is 0 Å². The van der Waals surface area contributed by atoms with Crippen molar-refractivity contribution in [3.05, 3.63) is 17.7 Å². The molecule has 2 heterocycles. The molecule has 0 radical (unpaired) electrons. The Morgan fingerprint density at radius 2 is 2.00 bits per heavy atom. The molecule has 80 valence electrons. The van der Waals surface area contributed by atoms with Crippen LogP contribution < -0.4 is 5.73 Å². The van der Waals surface area contributed by atoms with E-state index in [-0.39, 0.29) is 0 Å². The van der Waals surface area contributed by atoms with Gasteiger partial charge in [0, 0.05) is 6.07 Å². The van der Waals surface area contributed by atoms with Gasteiger partial charge in [-0.1, -0.05) is 10.3 Å². The van der Waals surface area contributed by atoms with Gasteiger partial charge in [-0.3, -0.25) is 0 Å². The van der Waals surface area contributed by atoms with Crippen LogP contribution in [0, 0.1) is 6.92 Å². The van der Waals surface area contributed by atoms with Crippen LogP contribution in [-0.4, -0.2) is 15.3 Å². The average molecular weight is 208 g/mol. The minimum Gasteiger partial charge on any atom is -0.361 e. The van der Waals surface area contributed by atoms with Crippen molar-refractivity contribution >= 4 is 0 Å². The van der Waals surface area contributed by atoms with Crippen LogP contribution >= 0.6 is 0 Å². The Kier molecular flexibility index (Phi) is 2.08. The van der Waals surface area contributed by atoms with Gasteiger partial charge in [-0.05, 0) is 20.8 Å². The fourth-order valence-corrected chi connectivity index (χ4v) is 1.06. The second-order valence-corrected chi connectivity index (χ2v) is 3.97. The molecule has 2 aromatic rings. The van der Waals surface area contributed by atoms with Crippen molar-refractivity contribution < 1.29 is 9.05 Å². The zero-order valence-corrected chi connectivity index (χ0v) is 8.81. The predicted octanol–water partition coefficient (Wildman–Crippen LogP) is 1.23. The topological polar surface area (TPSA) is 91.0 Å². The molecule has 6 heteroatoms. The zero-order valence-electron chi connectivity index (χ0n) is 8.81. The first-order chi connectivity index (χ1) is 6.97. The van der Waals surface area contributed by atoms with Gasteiger partial charge in [0.2, 0.25) is 0 Å². The van der Waals surface area contributed by atoms with Crippen molar-refractivity contribution in [3.8, 4) is 11.6 Å². The molecule has 0 saturated carbocycles. The third-order valence-corrected chi connectivity index (χ3v) is 1.85. The van der Waals surface area contributed by atoms with Crippen molar-refractivity contribution in [3.63, 3.8) is 0 Å². The third-order valence-electron chi connectivity index (χ3n) is 1.85. The molecule has 0 aliphatic carbocycles. The number of nitrogens with two attached hydrogens (primary N) is 1. The number of hydrogen-bond donors (Lipinski definition) is 1. The van der Waals surface area contributed by atoms with Crippen LogP contribution in [0.4, 0.5) is 0 Å². The lowest BCUT2D eigenvalue weighted by Gasteiger charge is -2.11. The summed E-state index contributed by atoms with van der Waals surface area (Å²) in [5.41, 5.74) is 5.72. The minimum atomic E-state index is -0.624. The van der Waals surface area contributed by atoms with Crippen molar-refractivity contribution in [1.82, 2.24) is 15.3 Å². The zero-order chi connectivity index (χ0) is 11.1. The van der Waals surface area contributed by atoms with Gasteiger partial charge in [0.25, 0.3) is 5.89 Å². The first kappa shape index (κ1) is 9.85. The van der Waals surface area contributed by atoms with Crippen molar-refractivity contribution in [1.29, 1.82) is 0 Å². The lowest BCUT2D eigenvalue weighted by atomic mass is 10.1. The second-order valence-electron chi connectivity index (χ2n) is 3.97. The van der Waals surface area contributed by atoms with Gasteiger partial charge in [-0.25, -0.2) is 0 Å². The van der Waals surface area contributed by atoms with E-state index in [1.807, 2.05) is 0 Å². The number of rotatable bonds is 2. The van der Waals surface area contributed by atoms with Crippen LogP contribution in [0.1, 0.15) is 25.4 Å². The van der Waals surface area contributed by atoms with Gasteiger partial charge in [0.15, 0.2) is 11.5 Å². The molecular formula is C9H12N4O2. The van der Waals surface area contributed by atoms with Crippen molar-refractivity contribution in [2.24, 2.45) is 5.73 Å². The van der Waals surface area contributed by atoms with Gasteiger partial charge < -0.3 is 14.8 Å². The number of aromatic nitrogens is 3. The van der Waals surface area contributed by atoms with Crippen LogP contribution in [-0.2, 0) is 5.54 Å². The highest BCUT2D eigenvalue weighted by Gasteiger charge is 2.22. The maximum atomic E-state index is 5.82. The molecule has 0 fully saturated rings. The number of nitrogens with zero attached hydrogens (tertiary/aromatic N) is 3. The van der Waals surface area contributed by atoms with Crippen molar-refractivity contribution in [2.75, 3.05) is 0 Å². The van der Waals surface area contributed by atoms with Gasteiger partial charge >= 0.3 is 0 Å².